The van der Waals surface area contributed by atoms with E-state index in [-0.39, 0.29) is 30.9 Å². The zero-order valence-corrected chi connectivity index (χ0v) is 21.0. The van der Waals surface area contributed by atoms with Crippen LogP contribution in [0.2, 0.25) is 0 Å². The Morgan fingerprint density at radius 1 is 1.03 bits per heavy atom. The number of ether oxygens (including phenoxy) is 2. The summed E-state index contributed by atoms with van der Waals surface area (Å²) in [6.07, 6.45) is 2.12. The molecule has 0 unspecified atom stereocenters. The Balaban J connectivity index is 1.69. The molecule has 36 heavy (non-hydrogen) atoms. The van der Waals surface area contributed by atoms with Crippen molar-refractivity contribution in [1.82, 2.24) is 10.2 Å². The minimum atomic E-state index is -0.798. The Kier molecular flexibility index (Phi) is 8.74. The Bertz CT molecular complexity index is 1140. The lowest BCUT2D eigenvalue weighted by atomic mass is 10.00. The second-order valence-electron chi connectivity index (χ2n) is 9.19. The molecule has 1 fully saturated rings. The van der Waals surface area contributed by atoms with Gasteiger partial charge in [-0.2, -0.15) is 0 Å². The lowest BCUT2D eigenvalue weighted by molar-refractivity contribution is -0.141. The van der Waals surface area contributed by atoms with E-state index >= 15 is 0 Å². The van der Waals surface area contributed by atoms with Gasteiger partial charge >= 0.3 is 0 Å². The Morgan fingerprint density at radius 3 is 2.44 bits per heavy atom. The lowest BCUT2D eigenvalue weighted by Gasteiger charge is -2.32. The maximum absolute atomic E-state index is 13.8. The third-order valence-electron chi connectivity index (χ3n) is 6.53. The third-order valence-corrected chi connectivity index (χ3v) is 6.53. The van der Waals surface area contributed by atoms with Crippen LogP contribution >= 0.6 is 0 Å². The Morgan fingerprint density at radius 2 is 1.75 bits per heavy atom. The summed E-state index contributed by atoms with van der Waals surface area (Å²) >= 11 is 0. The number of amides is 2. The highest BCUT2D eigenvalue weighted by Crippen LogP contribution is 2.28. The fourth-order valence-corrected chi connectivity index (χ4v) is 4.55. The number of hydrogen-bond acceptors (Lipinski definition) is 4. The molecule has 0 aliphatic carbocycles. The number of nitrogens with one attached hydrogen (secondary N) is 1. The van der Waals surface area contributed by atoms with E-state index in [1.807, 2.05) is 85.8 Å². The van der Waals surface area contributed by atoms with Crippen LogP contribution in [-0.2, 0) is 27.3 Å². The predicted molar refractivity (Wildman–Crippen MR) is 140 cm³/mol. The maximum atomic E-state index is 13.8. The number of benzene rings is 3. The van der Waals surface area contributed by atoms with Crippen LogP contribution in [0.5, 0.6) is 5.75 Å². The van der Waals surface area contributed by atoms with Crippen molar-refractivity contribution in [1.29, 1.82) is 0 Å². The summed E-state index contributed by atoms with van der Waals surface area (Å²) < 4.78 is 11.3. The van der Waals surface area contributed by atoms with Crippen LogP contribution in [-0.4, -0.2) is 43.1 Å². The molecule has 1 heterocycles. The van der Waals surface area contributed by atoms with E-state index < -0.39 is 6.04 Å². The Hall–Kier alpha value is -3.64. The van der Waals surface area contributed by atoms with Crippen LogP contribution in [0.3, 0.4) is 0 Å². The number of hydrogen-bond donors (Lipinski definition) is 1. The average molecular weight is 487 g/mol. The summed E-state index contributed by atoms with van der Waals surface area (Å²) in [6.45, 7) is 3.39. The normalized spacial score (nSPS) is 15.8. The number of methoxy groups -OCH3 is 1. The van der Waals surface area contributed by atoms with Crippen LogP contribution in [0, 0.1) is 6.92 Å². The summed E-state index contributed by atoms with van der Waals surface area (Å²) in [4.78, 5) is 29.2. The SMILES string of the molecule is COc1ccccc1CN(C(=O)Cc1ccccc1)[C@@H](C(=O)NC[C@H]1CCCO1)c1ccc(C)cc1. The molecule has 2 amide bonds. The first-order valence-electron chi connectivity index (χ1n) is 12.5. The van der Waals surface area contributed by atoms with Crippen molar-refractivity contribution < 1.29 is 19.1 Å². The standard InChI is InChI=1S/C30H34N2O4/c1-22-14-16-24(17-15-22)29(30(34)31-20-26-12-8-18-36-26)32(21-25-11-6-7-13-27(25)35-2)28(33)19-23-9-4-3-5-10-23/h3-7,9-11,13-17,26,29H,8,12,18-21H2,1-2H3,(H,31,34)/t26-,29-/m1/s1. The molecule has 0 spiro atoms. The fraction of sp³-hybridized carbons (Fsp3) is 0.333. The summed E-state index contributed by atoms with van der Waals surface area (Å²) in [5.41, 5.74) is 3.59. The minimum absolute atomic E-state index is 0.00954. The molecule has 1 saturated heterocycles. The van der Waals surface area contributed by atoms with Crippen molar-refractivity contribution in [2.45, 2.75) is 44.9 Å². The molecule has 4 rings (SSSR count). The number of carbonyl (C=O) groups excluding carboxylic acids is 2. The van der Waals surface area contributed by atoms with Crippen molar-refractivity contribution in [3.05, 3.63) is 101 Å². The topological polar surface area (TPSA) is 67.9 Å². The molecule has 0 saturated carbocycles. The third kappa shape index (κ3) is 6.52. The van der Waals surface area contributed by atoms with E-state index in [1.165, 1.54) is 0 Å². The van der Waals surface area contributed by atoms with Gasteiger partial charge in [-0.15, -0.1) is 0 Å². The monoisotopic (exact) mass is 486 g/mol. The fourth-order valence-electron chi connectivity index (χ4n) is 4.55. The lowest BCUT2D eigenvalue weighted by Crippen LogP contribution is -2.45. The highest BCUT2D eigenvalue weighted by molar-refractivity contribution is 5.89. The van der Waals surface area contributed by atoms with Crippen LogP contribution in [0.15, 0.2) is 78.9 Å². The van der Waals surface area contributed by atoms with Crippen LogP contribution < -0.4 is 10.1 Å². The zero-order valence-electron chi connectivity index (χ0n) is 21.0. The van der Waals surface area contributed by atoms with Gasteiger partial charge in [0, 0.05) is 18.7 Å². The van der Waals surface area contributed by atoms with Gasteiger partial charge in [0.05, 0.1) is 26.2 Å². The molecule has 0 aromatic heterocycles. The molecule has 6 nitrogen and oxygen atoms in total. The molecule has 0 bridgehead atoms. The number of rotatable bonds is 10. The first kappa shape index (κ1) is 25.5. The van der Waals surface area contributed by atoms with E-state index in [0.717, 1.165) is 41.7 Å². The van der Waals surface area contributed by atoms with E-state index in [4.69, 9.17) is 9.47 Å². The molecular formula is C30H34N2O4. The second-order valence-corrected chi connectivity index (χ2v) is 9.19. The molecule has 6 heteroatoms. The highest BCUT2D eigenvalue weighted by atomic mass is 16.5. The summed E-state index contributed by atoms with van der Waals surface area (Å²) in [5, 5.41) is 3.06. The molecule has 3 aromatic carbocycles. The van der Waals surface area contributed by atoms with E-state index in [2.05, 4.69) is 5.32 Å². The molecule has 3 aromatic rings. The van der Waals surface area contributed by atoms with Gasteiger partial charge in [0.2, 0.25) is 11.8 Å². The average Bonchev–Trinajstić information content (AvgIpc) is 3.43. The highest BCUT2D eigenvalue weighted by Gasteiger charge is 2.32. The first-order valence-corrected chi connectivity index (χ1v) is 12.5. The van der Waals surface area contributed by atoms with Gasteiger partial charge in [0.1, 0.15) is 11.8 Å². The number of nitrogens with zero attached hydrogens (tertiary/aromatic N) is 1. The van der Waals surface area contributed by atoms with Gasteiger partial charge in [-0.3, -0.25) is 9.59 Å². The zero-order chi connectivity index (χ0) is 25.3. The summed E-state index contributed by atoms with van der Waals surface area (Å²) in [7, 11) is 1.61. The number of para-hydroxylation sites is 1. The summed E-state index contributed by atoms with van der Waals surface area (Å²) in [5.74, 6) is 0.327. The Labute approximate surface area is 213 Å². The maximum Gasteiger partial charge on any atom is 0.247 e. The van der Waals surface area contributed by atoms with Gasteiger partial charge in [0.15, 0.2) is 0 Å². The predicted octanol–water partition coefficient (Wildman–Crippen LogP) is 4.61. The van der Waals surface area contributed by atoms with Crippen molar-refractivity contribution in [2.24, 2.45) is 0 Å². The van der Waals surface area contributed by atoms with E-state index in [0.29, 0.717) is 12.3 Å². The molecule has 1 N–H and O–H groups in total. The van der Waals surface area contributed by atoms with E-state index in [9.17, 15) is 9.59 Å². The van der Waals surface area contributed by atoms with Gasteiger partial charge in [-0.1, -0.05) is 78.4 Å². The van der Waals surface area contributed by atoms with Gasteiger partial charge in [-0.05, 0) is 37.0 Å². The minimum Gasteiger partial charge on any atom is -0.496 e. The quantitative estimate of drug-likeness (QED) is 0.454. The molecule has 0 radical (unpaired) electrons. The molecule has 1 aliphatic heterocycles. The van der Waals surface area contributed by atoms with Crippen molar-refractivity contribution >= 4 is 11.8 Å². The van der Waals surface area contributed by atoms with Crippen molar-refractivity contribution in [2.75, 3.05) is 20.3 Å². The molecule has 1 aliphatic rings. The van der Waals surface area contributed by atoms with Crippen LogP contribution in [0.25, 0.3) is 0 Å². The van der Waals surface area contributed by atoms with Gasteiger partial charge in [0.25, 0.3) is 0 Å². The molecular weight excluding hydrogens is 452 g/mol. The van der Waals surface area contributed by atoms with Gasteiger partial charge in [-0.25, -0.2) is 0 Å². The van der Waals surface area contributed by atoms with Crippen molar-refractivity contribution in [3.63, 3.8) is 0 Å². The summed E-state index contributed by atoms with van der Waals surface area (Å²) in [6, 6.07) is 24.2. The molecule has 2 atom stereocenters. The van der Waals surface area contributed by atoms with Crippen molar-refractivity contribution in [3.8, 4) is 5.75 Å². The smallest absolute Gasteiger partial charge is 0.247 e. The molecule has 188 valence electrons. The van der Waals surface area contributed by atoms with Crippen LogP contribution in [0.4, 0.5) is 0 Å². The van der Waals surface area contributed by atoms with Crippen LogP contribution in [0.1, 0.15) is 41.1 Å². The number of carbonyl (C=O) groups is 2. The van der Waals surface area contributed by atoms with Gasteiger partial charge < -0.3 is 19.7 Å². The number of aryl methyl sites for hydroxylation is 1. The second kappa shape index (κ2) is 12.4. The first-order chi connectivity index (χ1) is 17.5. The largest absolute Gasteiger partial charge is 0.496 e. The van der Waals surface area contributed by atoms with E-state index in [1.54, 1.807) is 12.0 Å².